The zero-order valence-corrected chi connectivity index (χ0v) is 10.3. The number of carbonyl (C=O) groups is 1. The minimum Gasteiger partial charge on any atom is -0.478 e. The number of hydrogen-bond donors (Lipinski definition) is 2. The van der Waals surface area contributed by atoms with Gasteiger partial charge in [0.1, 0.15) is 28.6 Å². The lowest BCUT2D eigenvalue weighted by atomic mass is 10.2. The van der Waals surface area contributed by atoms with E-state index >= 15 is 0 Å². The van der Waals surface area contributed by atoms with Crippen LogP contribution in [0.3, 0.4) is 0 Å². The molecule has 2 rings (SSSR count). The Morgan fingerprint density at radius 1 is 1.25 bits per heavy atom. The van der Waals surface area contributed by atoms with Gasteiger partial charge in [0.2, 0.25) is 0 Å². The topological polar surface area (TPSA) is 62.5 Å². The number of carboxylic acid groups (broad SMARTS) is 1. The first kappa shape index (κ1) is 14.0. The molecule has 0 aliphatic carbocycles. The molecule has 20 heavy (non-hydrogen) atoms. The predicted octanol–water partition coefficient (Wildman–Crippen LogP) is 3.32. The second-order valence-electron chi connectivity index (χ2n) is 4.09. The Labute approximate surface area is 111 Å². The van der Waals surface area contributed by atoms with Crippen molar-refractivity contribution in [1.82, 2.24) is 0 Å². The molecule has 4 nitrogen and oxygen atoms in total. The van der Waals surface area contributed by atoms with E-state index in [9.17, 15) is 18.0 Å². The van der Waals surface area contributed by atoms with Gasteiger partial charge in [0.25, 0.3) is 0 Å². The Hall–Kier alpha value is -2.44. The Balaban J connectivity index is 2.17. The quantitative estimate of drug-likeness (QED) is 0.904. The summed E-state index contributed by atoms with van der Waals surface area (Å²) >= 11 is 0. The van der Waals surface area contributed by atoms with Crippen molar-refractivity contribution in [2.75, 3.05) is 5.32 Å². The zero-order chi connectivity index (χ0) is 14.9. The minimum atomic E-state index is -1.16. The van der Waals surface area contributed by atoms with Gasteiger partial charge in [-0.1, -0.05) is 0 Å². The van der Waals surface area contributed by atoms with Crippen molar-refractivity contribution < 1.29 is 27.5 Å². The summed E-state index contributed by atoms with van der Waals surface area (Å²) in [5, 5.41) is 11.2. The lowest BCUT2D eigenvalue weighted by Gasteiger charge is -2.07. The van der Waals surface area contributed by atoms with E-state index in [-0.39, 0.29) is 23.6 Å². The van der Waals surface area contributed by atoms with Crippen LogP contribution in [0.25, 0.3) is 0 Å². The Morgan fingerprint density at radius 3 is 2.35 bits per heavy atom. The van der Waals surface area contributed by atoms with Crippen LogP contribution >= 0.6 is 0 Å². The predicted molar refractivity (Wildman–Crippen MR) is 64.0 cm³/mol. The molecule has 7 heteroatoms. The standard InChI is InChI=1S/C13H10F3NO3/c1-6-9(13(18)19)4-8(20-6)5-17-12-10(15)2-7(14)3-11(12)16/h2-4,17H,5H2,1H3,(H,18,19). The highest BCUT2D eigenvalue weighted by Gasteiger charge is 2.15. The molecule has 1 aromatic heterocycles. The molecule has 0 radical (unpaired) electrons. The third-order valence-corrected chi connectivity index (χ3v) is 2.65. The third kappa shape index (κ3) is 2.76. The first-order chi connectivity index (χ1) is 9.38. The molecule has 106 valence electrons. The summed E-state index contributed by atoms with van der Waals surface area (Å²) in [5.74, 6) is -3.95. The van der Waals surface area contributed by atoms with Crippen molar-refractivity contribution in [2.24, 2.45) is 0 Å². The summed E-state index contributed by atoms with van der Waals surface area (Å²) in [5.41, 5.74) is -0.529. The maximum Gasteiger partial charge on any atom is 0.339 e. The molecular weight excluding hydrogens is 275 g/mol. The van der Waals surface area contributed by atoms with Crippen molar-refractivity contribution in [3.05, 3.63) is 52.7 Å². The molecule has 0 spiro atoms. The van der Waals surface area contributed by atoms with E-state index in [1.54, 1.807) is 0 Å². The molecule has 0 aliphatic heterocycles. The highest BCUT2D eigenvalue weighted by molar-refractivity contribution is 5.88. The smallest absolute Gasteiger partial charge is 0.339 e. The van der Waals surface area contributed by atoms with Gasteiger partial charge >= 0.3 is 5.97 Å². The number of nitrogens with one attached hydrogen (secondary N) is 1. The summed E-state index contributed by atoms with van der Waals surface area (Å²) < 4.78 is 44.6. The Morgan fingerprint density at radius 2 is 1.85 bits per heavy atom. The first-order valence-electron chi connectivity index (χ1n) is 5.59. The molecule has 0 unspecified atom stereocenters. The van der Waals surface area contributed by atoms with Crippen molar-refractivity contribution in [2.45, 2.75) is 13.5 Å². The van der Waals surface area contributed by atoms with Crippen LogP contribution in [0.1, 0.15) is 21.9 Å². The molecule has 0 saturated carbocycles. The SMILES string of the molecule is Cc1oc(CNc2c(F)cc(F)cc2F)cc1C(=O)O. The van der Waals surface area contributed by atoms with Gasteiger partial charge in [0.05, 0.1) is 6.54 Å². The van der Waals surface area contributed by atoms with Crippen molar-refractivity contribution in [3.63, 3.8) is 0 Å². The van der Waals surface area contributed by atoms with E-state index in [1.165, 1.54) is 13.0 Å². The number of furan rings is 1. The van der Waals surface area contributed by atoms with Crippen LogP contribution in [0.4, 0.5) is 18.9 Å². The van der Waals surface area contributed by atoms with E-state index in [0.717, 1.165) is 0 Å². The van der Waals surface area contributed by atoms with Crippen molar-refractivity contribution in [1.29, 1.82) is 0 Å². The maximum absolute atomic E-state index is 13.4. The molecule has 0 atom stereocenters. The number of carboxylic acids is 1. The van der Waals surface area contributed by atoms with Crippen molar-refractivity contribution in [3.8, 4) is 0 Å². The second-order valence-corrected chi connectivity index (χ2v) is 4.09. The molecule has 0 saturated heterocycles. The number of anilines is 1. The van der Waals surface area contributed by atoms with Gasteiger partial charge in [0.15, 0.2) is 11.6 Å². The number of rotatable bonds is 4. The monoisotopic (exact) mass is 285 g/mol. The molecule has 0 bridgehead atoms. The van der Waals surface area contributed by atoms with Crippen molar-refractivity contribution >= 4 is 11.7 Å². The van der Waals surface area contributed by atoms with Gasteiger partial charge in [0, 0.05) is 12.1 Å². The maximum atomic E-state index is 13.4. The van der Waals surface area contributed by atoms with E-state index < -0.39 is 29.1 Å². The van der Waals surface area contributed by atoms with Gasteiger partial charge in [-0.2, -0.15) is 0 Å². The van der Waals surface area contributed by atoms with E-state index in [0.29, 0.717) is 12.1 Å². The Kier molecular flexibility index (Phi) is 3.69. The number of aromatic carboxylic acids is 1. The van der Waals surface area contributed by atoms with E-state index in [1.807, 2.05) is 0 Å². The van der Waals surface area contributed by atoms with Gasteiger partial charge in [-0.15, -0.1) is 0 Å². The average molecular weight is 285 g/mol. The fraction of sp³-hybridized carbons (Fsp3) is 0.154. The molecule has 0 aliphatic rings. The van der Waals surface area contributed by atoms with Crippen LogP contribution in [0, 0.1) is 24.4 Å². The molecule has 2 N–H and O–H groups in total. The highest BCUT2D eigenvalue weighted by atomic mass is 19.1. The van der Waals surface area contributed by atoms with E-state index in [4.69, 9.17) is 9.52 Å². The highest BCUT2D eigenvalue weighted by Crippen LogP contribution is 2.22. The lowest BCUT2D eigenvalue weighted by Crippen LogP contribution is -2.04. The van der Waals surface area contributed by atoms with Gasteiger partial charge < -0.3 is 14.8 Å². The summed E-state index contributed by atoms with van der Waals surface area (Å²) in [6, 6.07) is 2.34. The third-order valence-electron chi connectivity index (χ3n) is 2.65. The molecule has 2 aromatic rings. The van der Waals surface area contributed by atoms with Crippen LogP contribution in [0.5, 0.6) is 0 Å². The number of halogens is 3. The molecule has 1 aromatic carbocycles. The average Bonchev–Trinajstić information content (AvgIpc) is 2.69. The van der Waals surface area contributed by atoms with Crippen LogP contribution in [0.15, 0.2) is 22.6 Å². The second kappa shape index (κ2) is 5.28. The summed E-state index contributed by atoms with van der Waals surface area (Å²) in [6.07, 6.45) is 0. The van der Waals surface area contributed by atoms with Crippen LogP contribution in [-0.2, 0) is 6.54 Å². The van der Waals surface area contributed by atoms with Crippen LogP contribution in [-0.4, -0.2) is 11.1 Å². The normalized spacial score (nSPS) is 10.6. The largest absolute Gasteiger partial charge is 0.478 e. The van der Waals surface area contributed by atoms with Gasteiger partial charge in [-0.05, 0) is 13.0 Å². The van der Waals surface area contributed by atoms with E-state index in [2.05, 4.69) is 5.32 Å². The minimum absolute atomic E-state index is 0.0261. The number of aryl methyl sites for hydroxylation is 1. The molecule has 0 amide bonds. The Bertz CT molecular complexity index is 644. The lowest BCUT2D eigenvalue weighted by molar-refractivity contribution is 0.0695. The fourth-order valence-electron chi connectivity index (χ4n) is 1.73. The van der Waals surface area contributed by atoms with Crippen LogP contribution < -0.4 is 5.32 Å². The number of benzene rings is 1. The summed E-state index contributed by atoms with van der Waals surface area (Å²) in [7, 11) is 0. The van der Waals surface area contributed by atoms with Gasteiger partial charge in [-0.25, -0.2) is 18.0 Å². The summed E-state index contributed by atoms with van der Waals surface area (Å²) in [4.78, 5) is 10.8. The fourth-order valence-corrected chi connectivity index (χ4v) is 1.73. The molecule has 0 fully saturated rings. The summed E-state index contributed by atoms with van der Waals surface area (Å²) in [6.45, 7) is 1.33. The first-order valence-corrected chi connectivity index (χ1v) is 5.59. The molecule has 1 heterocycles. The zero-order valence-electron chi connectivity index (χ0n) is 10.3. The van der Waals surface area contributed by atoms with Crippen LogP contribution in [0.2, 0.25) is 0 Å². The molecular formula is C13H10F3NO3. The van der Waals surface area contributed by atoms with Gasteiger partial charge in [-0.3, -0.25) is 0 Å². The number of hydrogen-bond acceptors (Lipinski definition) is 3.